The minimum absolute atomic E-state index is 0.0472. The fourth-order valence-electron chi connectivity index (χ4n) is 4.60. The van der Waals surface area contributed by atoms with Gasteiger partial charge >= 0.3 is 0 Å². The molecule has 1 saturated carbocycles. The van der Waals surface area contributed by atoms with Gasteiger partial charge < -0.3 is 24.4 Å². The van der Waals surface area contributed by atoms with Gasteiger partial charge in [-0.2, -0.15) is 0 Å². The number of hydrogen-bond acceptors (Lipinski definition) is 5. The number of hydrogen-bond donors (Lipinski definition) is 1. The number of carbonyl (C=O) groups is 3. The Kier molecular flexibility index (Phi) is 5.40. The van der Waals surface area contributed by atoms with Crippen LogP contribution in [0.15, 0.2) is 30.6 Å². The normalized spacial score (nSPS) is 22.8. The molecule has 0 spiro atoms. The molecule has 3 amide bonds. The standard InChI is InChI=1S/C23H26FN5O4/c1-23(22(32)25-12-15-2-4-16(24)5-3-15)13-28-14-26-18(20(30)27-8-10-33-11-9-27)19(28)21(31)29(23)17-6-7-17/h2-5,14,17H,6-13H2,1H3,(H,25,32)/t23-/m0/s1. The van der Waals surface area contributed by atoms with Gasteiger partial charge in [0.1, 0.15) is 17.1 Å². The maximum Gasteiger partial charge on any atom is 0.275 e. The Labute approximate surface area is 190 Å². The highest BCUT2D eigenvalue weighted by Crippen LogP contribution is 2.39. The molecule has 3 heterocycles. The molecule has 33 heavy (non-hydrogen) atoms. The summed E-state index contributed by atoms with van der Waals surface area (Å²) in [5, 5.41) is 2.90. The van der Waals surface area contributed by atoms with E-state index < -0.39 is 5.54 Å². The van der Waals surface area contributed by atoms with Crippen LogP contribution < -0.4 is 5.32 Å². The van der Waals surface area contributed by atoms with Crippen LogP contribution >= 0.6 is 0 Å². The van der Waals surface area contributed by atoms with Crippen LogP contribution in [0, 0.1) is 5.82 Å². The van der Waals surface area contributed by atoms with Gasteiger partial charge in [0, 0.05) is 25.7 Å². The molecule has 1 atom stereocenters. The van der Waals surface area contributed by atoms with Crippen molar-refractivity contribution in [2.24, 2.45) is 0 Å². The van der Waals surface area contributed by atoms with Gasteiger partial charge in [0.25, 0.3) is 11.8 Å². The van der Waals surface area contributed by atoms with E-state index in [1.807, 2.05) is 0 Å². The van der Waals surface area contributed by atoms with Gasteiger partial charge in [-0.25, -0.2) is 9.37 Å². The highest BCUT2D eigenvalue weighted by Gasteiger charge is 2.53. The smallest absolute Gasteiger partial charge is 0.275 e. The maximum absolute atomic E-state index is 13.6. The van der Waals surface area contributed by atoms with E-state index in [0.717, 1.165) is 18.4 Å². The minimum atomic E-state index is -1.13. The van der Waals surface area contributed by atoms with Gasteiger partial charge in [-0.05, 0) is 37.5 Å². The SMILES string of the molecule is C[C@@]1(C(=O)NCc2ccc(F)cc2)Cn2cnc(C(=O)N3CCOCC3)c2C(=O)N1C1CC1. The third-order valence-corrected chi connectivity index (χ3v) is 6.54. The van der Waals surface area contributed by atoms with E-state index in [-0.39, 0.29) is 54.1 Å². The number of benzene rings is 1. The predicted molar refractivity (Wildman–Crippen MR) is 115 cm³/mol. The number of morpholine rings is 1. The molecule has 0 bridgehead atoms. The van der Waals surface area contributed by atoms with Gasteiger partial charge in [-0.3, -0.25) is 14.4 Å². The van der Waals surface area contributed by atoms with Crippen molar-refractivity contribution in [3.8, 4) is 0 Å². The van der Waals surface area contributed by atoms with Crippen molar-refractivity contribution >= 4 is 17.7 Å². The lowest BCUT2D eigenvalue weighted by molar-refractivity contribution is -0.133. The number of nitrogens with zero attached hydrogens (tertiary/aromatic N) is 4. The summed E-state index contributed by atoms with van der Waals surface area (Å²) in [4.78, 5) is 47.6. The third kappa shape index (κ3) is 3.88. The summed E-state index contributed by atoms with van der Waals surface area (Å²) < 4.78 is 20.1. The van der Waals surface area contributed by atoms with Gasteiger partial charge in [0.15, 0.2) is 5.69 Å². The quantitative estimate of drug-likeness (QED) is 0.731. The highest BCUT2D eigenvalue weighted by molar-refractivity contribution is 6.07. The van der Waals surface area contributed by atoms with Crippen LogP contribution in [0.2, 0.25) is 0 Å². The van der Waals surface area contributed by atoms with E-state index in [1.165, 1.54) is 18.5 Å². The van der Waals surface area contributed by atoms with E-state index in [9.17, 15) is 18.8 Å². The molecular weight excluding hydrogens is 429 g/mol. The fourth-order valence-corrected chi connectivity index (χ4v) is 4.60. The van der Waals surface area contributed by atoms with Crippen molar-refractivity contribution < 1.29 is 23.5 Å². The Morgan fingerprint density at radius 1 is 1.21 bits per heavy atom. The van der Waals surface area contributed by atoms with Crippen molar-refractivity contribution in [2.45, 2.75) is 44.4 Å². The Hall–Kier alpha value is -3.27. The van der Waals surface area contributed by atoms with Gasteiger partial charge in [0.2, 0.25) is 5.91 Å². The Morgan fingerprint density at radius 2 is 1.91 bits per heavy atom. The molecule has 1 aromatic heterocycles. The summed E-state index contributed by atoms with van der Waals surface area (Å²) in [5.41, 5.74) is -0.00988. The Bertz CT molecular complexity index is 1090. The number of ether oxygens (including phenoxy) is 1. The summed E-state index contributed by atoms with van der Waals surface area (Å²) in [6.07, 6.45) is 3.09. The molecule has 174 valence electrons. The zero-order valence-corrected chi connectivity index (χ0v) is 18.4. The minimum Gasteiger partial charge on any atom is -0.378 e. The van der Waals surface area contributed by atoms with Gasteiger partial charge in [0.05, 0.1) is 26.1 Å². The Balaban J connectivity index is 1.40. The zero-order chi connectivity index (χ0) is 23.2. The van der Waals surface area contributed by atoms with Crippen molar-refractivity contribution in [2.75, 3.05) is 26.3 Å². The average Bonchev–Trinajstić information content (AvgIpc) is 3.56. The molecule has 0 unspecified atom stereocenters. The van der Waals surface area contributed by atoms with Crippen LogP contribution in [0.3, 0.4) is 0 Å². The van der Waals surface area contributed by atoms with E-state index in [1.54, 1.807) is 33.4 Å². The second-order valence-electron chi connectivity index (χ2n) is 8.96. The second kappa shape index (κ2) is 8.26. The molecule has 2 aliphatic heterocycles. The average molecular weight is 455 g/mol. The summed E-state index contributed by atoms with van der Waals surface area (Å²) in [7, 11) is 0. The topological polar surface area (TPSA) is 96.8 Å². The summed E-state index contributed by atoms with van der Waals surface area (Å²) in [5.74, 6) is -1.28. The molecular formula is C23H26FN5O4. The first kappa shape index (κ1) is 21.6. The second-order valence-corrected chi connectivity index (χ2v) is 8.96. The molecule has 1 N–H and O–H groups in total. The first-order valence-corrected chi connectivity index (χ1v) is 11.2. The van der Waals surface area contributed by atoms with Crippen molar-refractivity contribution in [1.82, 2.24) is 24.7 Å². The zero-order valence-electron chi connectivity index (χ0n) is 18.4. The number of nitrogens with one attached hydrogen (secondary N) is 1. The number of fused-ring (bicyclic) bond motifs is 1. The van der Waals surface area contributed by atoms with Crippen LogP contribution in [0.1, 0.15) is 46.3 Å². The largest absolute Gasteiger partial charge is 0.378 e. The van der Waals surface area contributed by atoms with E-state index in [0.29, 0.717) is 26.3 Å². The number of rotatable bonds is 5. The first-order valence-electron chi connectivity index (χ1n) is 11.2. The summed E-state index contributed by atoms with van der Waals surface area (Å²) in [6, 6.07) is 5.86. The third-order valence-electron chi connectivity index (χ3n) is 6.54. The molecule has 10 heteroatoms. The lowest BCUT2D eigenvalue weighted by atomic mass is 9.93. The van der Waals surface area contributed by atoms with Crippen molar-refractivity contribution in [3.63, 3.8) is 0 Å². The van der Waals surface area contributed by atoms with Crippen LogP contribution in [-0.4, -0.2) is 75.0 Å². The molecule has 0 radical (unpaired) electrons. The molecule has 3 aliphatic rings. The Morgan fingerprint density at radius 3 is 2.58 bits per heavy atom. The van der Waals surface area contributed by atoms with Crippen LogP contribution in [-0.2, 0) is 22.6 Å². The maximum atomic E-state index is 13.6. The number of carbonyl (C=O) groups excluding carboxylic acids is 3. The summed E-state index contributed by atoms with van der Waals surface area (Å²) in [6.45, 7) is 3.98. The van der Waals surface area contributed by atoms with Crippen molar-refractivity contribution in [3.05, 3.63) is 53.4 Å². The lowest BCUT2D eigenvalue weighted by Crippen LogP contribution is -2.64. The van der Waals surface area contributed by atoms with E-state index in [2.05, 4.69) is 10.3 Å². The number of amides is 3. The van der Waals surface area contributed by atoms with Crippen LogP contribution in [0.5, 0.6) is 0 Å². The monoisotopic (exact) mass is 455 g/mol. The fraction of sp³-hybridized carbons (Fsp3) is 0.478. The van der Waals surface area contributed by atoms with Crippen molar-refractivity contribution in [1.29, 1.82) is 0 Å². The molecule has 5 rings (SSSR count). The molecule has 1 aliphatic carbocycles. The molecule has 1 aromatic carbocycles. The van der Waals surface area contributed by atoms with E-state index >= 15 is 0 Å². The molecule has 2 fully saturated rings. The number of halogens is 1. The van der Waals surface area contributed by atoms with Crippen LogP contribution in [0.25, 0.3) is 0 Å². The molecule has 2 aromatic rings. The lowest BCUT2D eigenvalue weighted by Gasteiger charge is -2.44. The summed E-state index contributed by atoms with van der Waals surface area (Å²) >= 11 is 0. The number of aromatic nitrogens is 2. The van der Waals surface area contributed by atoms with Gasteiger partial charge in [-0.15, -0.1) is 0 Å². The number of imidazole rings is 1. The molecule has 9 nitrogen and oxygen atoms in total. The van der Waals surface area contributed by atoms with Gasteiger partial charge in [-0.1, -0.05) is 12.1 Å². The van der Waals surface area contributed by atoms with Crippen LogP contribution in [0.4, 0.5) is 4.39 Å². The molecule has 1 saturated heterocycles. The first-order chi connectivity index (χ1) is 15.9. The van der Waals surface area contributed by atoms with E-state index in [4.69, 9.17) is 4.74 Å². The predicted octanol–water partition coefficient (Wildman–Crippen LogP) is 1.19. The highest BCUT2D eigenvalue weighted by atomic mass is 19.1.